The number of hydrogen-bond acceptors (Lipinski definition) is 4. The third kappa shape index (κ3) is 11.2. The lowest BCUT2D eigenvalue weighted by Gasteiger charge is -2.08. The average Bonchev–Trinajstić information content (AvgIpc) is 2.47. The molecule has 0 bridgehead atoms. The largest absolute Gasteiger partial charge is 0.741 e. The first-order valence-electron chi connectivity index (χ1n) is 7.68. The number of nitrogens with zero attached hydrogens (tertiary/aromatic N) is 1. The summed E-state index contributed by atoms with van der Waals surface area (Å²) in [5.41, 5.74) is -5.65. The molecule has 0 fully saturated rings. The van der Waals surface area contributed by atoms with Crippen molar-refractivity contribution in [3.05, 3.63) is 24.5 Å². The van der Waals surface area contributed by atoms with E-state index in [1.165, 1.54) is 38.5 Å². The molecule has 1 rings (SSSR count). The van der Waals surface area contributed by atoms with Crippen molar-refractivity contribution in [1.29, 1.82) is 0 Å². The Morgan fingerprint density at radius 2 is 1.54 bits per heavy atom. The van der Waals surface area contributed by atoms with Gasteiger partial charge in [-0.2, -0.15) is 13.2 Å². The van der Waals surface area contributed by atoms with E-state index in [1.807, 2.05) is 36.1 Å². The molecule has 0 radical (unpaired) electrons. The molecular weight excluding hydrogens is 347 g/mol. The molecule has 0 spiro atoms. The maximum Gasteiger partial charge on any atom is 0.485 e. The Hall–Kier alpha value is -1.35. The van der Waals surface area contributed by atoms with Crippen LogP contribution < -0.4 is 9.30 Å². The average molecular weight is 371 g/mol. The summed E-state index contributed by atoms with van der Waals surface area (Å²) in [6.45, 7) is 3.10. The molecule has 0 saturated heterocycles. The van der Waals surface area contributed by atoms with E-state index in [-0.39, 0.29) is 0 Å². The highest BCUT2D eigenvalue weighted by Gasteiger charge is 2.36. The summed E-state index contributed by atoms with van der Waals surface area (Å²) in [6, 6.07) is 4.02. The summed E-state index contributed by atoms with van der Waals surface area (Å²) in [5, 5.41) is 0. The SMILES string of the molecule is CCCCCCCCOc1cc[n+](C)cc1.O=S(=O)([O-])C(F)(F)F. The van der Waals surface area contributed by atoms with Gasteiger partial charge in [-0.25, -0.2) is 13.0 Å². The van der Waals surface area contributed by atoms with Gasteiger partial charge in [-0.3, -0.25) is 0 Å². The second-order valence-electron chi connectivity index (χ2n) is 5.22. The lowest BCUT2D eigenvalue weighted by atomic mass is 10.1. The highest BCUT2D eigenvalue weighted by molar-refractivity contribution is 7.86. The molecule has 0 amide bonds. The van der Waals surface area contributed by atoms with Gasteiger partial charge in [-0.1, -0.05) is 39.0 Å². The van der Waals surface area contributed by atoms with Gasteiger partial charge in [0.2, 0.25) is 0 Å². The quantitative estimate of drug-likeness (QED) is 0.304. The molecule has 1 aromatic heterocycles. The highest BCUT2D eigenvalue weighted by Crippen LogP contribution is 2.20. The van der Waals surface area contributed by atoms with Crippen LogP contribution in [0.25, 0.3) is 0 Å². The van der Waals surface area contributed by atoms with Crippen LogP contribution in [0.5, 0.6) is 5.75 Å². The molecule has 140 valence electrons. The van der Waals surface area contributed by atoms with Gasteiger partial charge in [0.05, 0.1) is 6.61 Å². The number of rotatable bonds is 8. The van der Waals surface area contributed by atoms with Crippen molar-refractivity contribution in [3.63, 3.8) is 0 Å². The maximum atomic E-state index is 10.7. The smallest absolute Gasteiger partial charge is 0.485 e. The number of pyridine rings is 1. The fraction of sp³-hybridized carbons (Fsp3) is 0.667. The molecule has 0 N–H and O–H groups in total. The van der Waals surface area contributed by atoms with Gasteiger partial charge in [0.1, 0.15) is 12.8 Å². The molecule has 0 unspecified atom stereocenters. The molecule has 0 aliphatic heterocycles. The fourth-order valence-corrected chi connectivity index (χ4v) is 1.66. The summed E-state index contributed by atoms with van der Waals surface area (Å²) in [4.78, 5) is 0. The van der Waals surface area contributed by atoms with Crippen molar-refractivity contribution in [2.45, 2.75) is 51.0 Å². The summed E-state index contributed by atoms with van der Waals surface area (Å²) >= 11 is 0. The van der Waals surface area contributed by atoms with Crippen molar-refractivity contribution >= 4 is 10.1 Å². The number of alkyl halides is 3. The molecule has 5 nitrogen and oxygen atoms in total. The predicted molar refractivity (Wildman–Crippen MR) is 82.2 cm³/mol. The Bertz CT molecular complexity index is 545. The Morgan fingerprint density at radius 1 is 1.08 bits per heavy atom. The maximum absolute atomic E-state index is 10.7. The molecule has 9 heteroatoms. The summed E-state index contributed by atoms with van der Waals surface area (Å²) in [5.74, 6) is 0.978. The molecule has 0 aromatic carbocycles. The minimum absolute atomic E-state index is 0.847. The first-order valence-corrected chi connectivity index (χ1v) is 9.09. The van der Waals surface area contributed by atoms with E-state index in [9.17, 15) is 13.2 Å². The number of aryl methyl sites for hydroxylation is 1. The minimum atomic E-state index is -6.09. The Balaban J connectivity index is 0.000000561. The van der Waals surface area contributed by atoms with Crippen molar-refractivity contribution in [2.75, 3.05) is 6.61 Å². The van der Waals surface area contributed by atoms with E-state index in [2.05, 4.69) is 6.92 Å². The van der Waals surface area contributed by atoms with Crippen LogP contribution >= 0.6 is 0 Å². The number of unbranched alkanes of at least 4 members (excludes halogenated alkanes) is 5. The lowest BCUT2D eigenvalue weighted by Crippen LogP contribution is -2.25. The third-order valence-electron chi connectivity index (χ3n) is 3.00. The topological polar surface area (TPSA) is 70.3 Å². The number of ether oxygens (including phenoxy) is 1. The Labute approximate surface area is 141 Å². The van der Waals surface area contributed by atoms with E-state index in [1.54, 1.807) is 0 Å². The zero-order valence-electron chi connectivity index (χ0n) is 13.9. The summed E-state index contributed by atoms with van der Waals surface area (Å²) < 4.78 is 66.6. The third-order valence-corrected chi connectivity index (χ3v) is 3.56. The number of hydrogen-bond donors (Lipinski definition) is 0. The van der Waals surface area contributed by atoms with E-state index >= 15 is 0 Å². The van der Waals surface area contributed by atoms with Crippen LogP contribution in [0.1, 0.15) is 45.4 Å². The molecule has 0 aliphatic rings. The molecule has 0 aliphatic carbocycles. The van der Waals surface area contributed by atoms with Gasteiger partial charge in [0.15, 0.2) is 22.5 Å². The summed E-state index contributed by atoms with van der Waals surface area (Å²) in [7, 11) is -4.08. The molecule has 24 heavy (non-hydrogen) atoms. The van der Waals surface area contributed by atoms with Gasteiger partial charge in [0.25, 0.3) is 0 Å². The van der Waals surface area contributed by atoms with Gasteiger partial charge in [-0.05, 0) is 6.42 Å². The van der Waals surface area contributed by atoms with E-state index in [4.69, 9.17) is 17.7 Å². The Morgan fingerprint density at radius 3 is 2.00 bits per heavy atom. The first-order chi connectivity index (χ1) is 11.1. The molecule has 1 aromatic rings. The van der Waals surface area contributed by atoms with Crippen molar-refractivity contribution < 1.29 is 35.4 Å². The van der Waals surface area contributed by atoms with Crippen molar-refractivity contribution in [3.8, 4) is 5.75 Å². The highest BCUT2D eigenvalue weighted by atomic mass is 32.2. The Kier molecular flexibility index (Phi) is 10.6. The minimum Gasteiger partial charge on any atom is -0.741 e. The normalized spacial score (nSPS) is 11.6. The van der Waals surface area contributed by atoms with Gasteiger partial charge in [-0.15, -0.1) is 0 Å². The van der Waals surface area contributed by atoms with E-state index in [0.717, 1.165) is 12.4 Å². The number of halogens is 3. The zero-order valence-corrected chi connectivity index (χ0v) is 14.7. The fourth-order valence-electron chi connectivity index (χ4n) is 1.66. The zero-order chi connectivity index (χ0) is 18.6. The van der Waals surface area contributed by atoms with Crippen LogP contribution in [0.3, 0.4) is 0 Å². The van der Waals surface area contributed by atoms with Crippen LogP contribution in [-0.4, -0.2) is 25.1 Å². The lowest BCUT2D eigenvalue weighted by molar-refractivity contribution is -0.671. The first kappa shape index (κ1) is 22.6. The second-order valence-corrected chi connectivity index (χ2v) is 6.59. The van der Waals surface area contributed by atoms with E-state index in [0.29, 0.717) is 0 Å². The van der Waals surface area contributed by atoms with Gasteiger partial charge < -0.3 is 9.29 Å². The monoisotopic (exact) mass is 371 g/mol. The predicted octanol–water partition coefficient (Wildman–Crippen LogP) is 3.30. The molecule has 0 saturated carbocycles. The van der Waals surface area contributed by atoms with Crippen LogP contribution in [0.2, 0.25) is 0 Å². The van der Waals surface area contributed by atoms with Gasteiger partial charge in [0, 0.05) is 12.1 Å². The van der Waals surface area contributed by atoms with Crippen LogP contribution in [-0.2, 0) is 17.2 Å². The van der Waals surface area contributed by atoms with Crippen molar-refractivity contribution in [1.82, 2.24) is 0 Å². The van der Waals surface area contributed by atoms with Crippen LogP contribution in [0.15, 0.2) is 24.5 Å². The number of aromatic nitrogens is 1. The van der Waals surface area contributed by atoms with Crippen LogP contribution in [0, 0.1) is 0 Å². The van der Waals surface area contributed by atoms with Gasteiger partial charge >= 0.3 is 5.51 Å². The van der Waals surface area contributed by atoms with Crippen molar-refractivity contribution in [2.24, 2.45) is 7.05 Å². The molecule has 1 heterocycles. The van der Waals surface area contributed by atoms with E-state index < -0.39 is 15.6 Å². The van der Waals surface area contributed by atoms with Crippen LogP contribution in [0.4, 0.5) is 13.2 Å². The standard InChI is InChI=1S/C14H24NO.CHF3O3S/c1-3-4-5-6-7-8-13-16-14-9-11-15(2)12-10-14;2-1(3,4)8(5,6)7/h9-12H,3-8,13H2,1-2H3;(H,5,6,7)/q+1;/p-1. The molecule has 0 atom stereocenters. The molecular formula is C15H24F3NO4S. The summed E-state index contributed by atoms with van der Waals surface area (Å²) in [6.07, 6.45) is 11.9. The second kappa shape index (κ2) is 11.2.